The zero-order chi connectivity index (χ0) is 13.7. The molecule has 0 aromatic heterocycles. The van der Waals surface area contributed by atoms with Crippen molar-refractivity contribution in [2.24, 2.45) is 11.7 Å². The van der Waals surface area contributed by atoms with Gasteiger partial charge in [0.15, 0.2) is 18.2 Å². The van der Waals surface area contributed by atoms with Crippen LogP contribution in [0.5, 0.6) is 5.75 Å². The average molecular weight is 303 g/mol. The van der Waals surface area contributed by atoms with E-state index in [1.54, 1.807) is 12.1 Å². The number of hydrogen-bond acceptors (Lipinski definition) is 3. The van der Waals surface area contributed by atoms with Gasteiger partial charge in [-0.15, -0.1) is 12.4 Å². The minimum Gasteiger partial charge on any atom is -0.481 e. The van der Waals surface area contributed by atoms with Gasteiger partial charge in [0.05, 0.1) is 0 Å². The smallest absolute Gasteiger partial charge is 0.258 e. The Morgan fingerprint density at radius 3 is 2.85 bits per heavy atom. The first-order valence-corrected chi connectivity index (χ1v) is 6.57. The SMILES string of the molecule is Cl.NCC1CCCC1NC(=O)COc1ccccc1F. The minimum atomic E-state index is -0.462. The highest BCUT2D eigenvalue weighted by Crippen LogP contribution is 2.24. The second-order valence-electron chi connectivity index (χ2n) is 4.82. The Hall–Kier alpha value is -1.33. The Balaban J connectivity index is 0.00000200. The molecular formula is C14H20ClFN2O2. The van der Waals surface area contributed by atoms with Gasteiger partial charge in [0.25, 0.3) is 5.91 Å². The third-order valence-electron chi connectivity index (χ3n) is 3.50. The van der Waals surface area contributed by atoms with Gasteiger partial charge in [0.1, 0.15) is 0 Å². The van der Waals surface area contributed by atoms with Crippen molar-refractivity contribution in [3.05, 3.63) is 30.1 Å². The maximum atomic E-state index is 13.3. The van der Waals surface area contributed by atoms with Crippen molar-refractivity contribution in [3.8, 4) is 5.75 Å². The van der Waals surface area contributed by atoms with Crippen LogP contribution in [-0.2, 0) is 4.79 Å². The molecule has 1 amide bonds. The molecule has 0 spiro atoms. The molecule has 0 radical (unpaired) electrons. The van der Waals surface area contributed by atoms with Crippen LogP contribution >= 0.6 is 12.4 Å². The van der Waals surface area contributed by atoms with E-state index in [2.05, 4.69) is 5.32 Å². The normalized spacial score (nSPS) is 21.1. The maximum absolute atomic E-state index is 13.3. The first kappa shape index (κ1) is 16.7. The van der Waals surface area contributed by atoms with Crippen molar-refractivity contribution in [2.45, 2.75) is 25.3 Å². The standard InChI is InChI=1S/C14H19FN2O2.ClH/c15-11-5-1-2-7-13(11)19-9-14(18)17-12-6-3-4-10(12)8-16;/h1-2,5,7,10,12H,3-4,6,8-9,16H2,(H,17,18);1H. The predicted octanol–water partition coefficient (Wildman–Crippen LogP) is 1.87. The largest absolute Gasteiger partial charge is 0.481 e. The van der Waals surface area contributed by atoms with Gasteiger partial charge in [-0.2, -0.15) is 0 Å². The summed E-state index contributed by atoms with van der Waals surface area (Å²) in [6.45, 7) is 0.411. The van der Waals surface area contributed by atoms with Crippen molar-refractivity contribution >= 4 is 18.3 Å². The molecule has 1 aliphatic carbocycles. The maximum Gasteiger partial charge on any atom is 0.258 e. The zero-order valence-corrected chi connectivity index (χ0v) is 12.0. The first-order valence-electron chi connectivity index (χ1n) is 6.57. The Kier molecular flexibility index (Phi) is 6.75. The van der Waals surface area contributed by atoms with Gasteiger partial charge in [-0.3, -0.25) is 4.79 Å². The lowest BCUT2D eigenvalue weighted by molar-refractivity contribution is -0.124. The fourth-order valence-corrected chi connectivity index (χ4v) is 2.46. The number of ether oxygens (including phenoxy) is 1. The van der Waals surface area contributed by atoms with Crippen molar-refractivity contribution < 1.29 is 13.9 Å². The van der Waals surface area contributed by atoms with E-state index in [1.165, 1.54) is 12.1 Å². The molecule has 3 N–H and O–H groups in total. The van der Waals surface area contributed by atoms with E-state index in [0.717, 1.165) is 19.3 Å². The first-order chi connectivity index (χ1) is 9.20. The van der Waals surface area contributed by atoms with Gasteiger partial charge in [-0.1, -0.05) is 18.6 Å². The molecule has 6 heteroatoms. The van der Waals surface area contributed by atoms with Gasteiger partial charge in [0, 0.05) is 6.04 Å². The molecule has 0 bridgehead atoms. The molecule has 2 atom stereocenters. The fraction of sp³-hybridized carbons (Fsp3) is 0.500. The lowest BCUT2D eigenvalue weighted by Crippen LogP contribution is -2.42. The third kappa shape index (κ3) is 4.35. The van der Waals surface area contributed by atoms with E-state index in [0.29, 0.717) is 12.5 Å². The molecule has 1 aromatic rings. The number of halogens is 2. The number of rotatable bonds is 5. The van der Waals surface area contributed by atoms with Gasteiger partial charge < -0.3 is 15.8 Å². The Morgan fingerprint density at radius 2 is 2.15 bits per heavy atom. The van der Waals surface area contributed by atoms with Gasteiger partial charge in [-0.05, 0) is 37.4 Å². The van der Waals surface area contributed by atoms with E-state index >= 15 is 0 Å². The van der Waals surface area contributed by atoms with Crippen LogP contribution < -0.4 is 15.8 Å². The fourth-order valence-electron chi connectivity index (χ4n) is 2.46. The third-order valence-corrected chi connectivity index (χ3v) is 3.50. The van der Waals surface area contributed by atoms with Crippen molar-refractivity contribution in [2.75, 3.05) is 13.2 Å². The topological polar surface area (TPSA) is 64.3 Å². The predicted molar refractivity (Wildman–Crippen MR) is 77.5 cm³/mol. The van der Waals surface area contributed by atoms with E-state index in [1.807, 2.05) is 0 Å². The highest BCUT2D eigenvalue weighted by molar-refractivity contribution is 5.85. The molecule has 4 nitrogen and oxygen atoms in total. The van der Waals surface area contributed by atoms with Crippen LogP contribution in [0.1, 0.15) is 19.3 Å². The van der Waals surface area contributed by atoms with Crippen LogP contribution in [0.4, 0.5) is 4.39 Å². The summed E-state index contributed by atoms with van der Waals surface area (Å²) in [6, 6.07) is 6.17. The summed E-state index contributed by atoms with van der Waals surface area (Å²) in [6.07, 6.45) is 3.09. The van der Waals surface area contributed by atoms with Gasteiger partial charge in [-0.25, -0.2) is 4.39 Å². The molecule has 112 valence electrons. The second-order valence-corrected chi connectivity index (χ2v) is 4.82. The number of benzene rings is 1. The van der Waals surface area contributed by atoms with Gasteiger partial charge in [0.2, 0.25) is 0 Å². The lowest BCUT2D eigenvalue weighted by Gasteiger charge is -2.19. The van der Waals surface area contributed by atoms with Gasteiger partial charge >= 0.3 is 0 Å². The summed E-state index contributed by atoms with van der Waals surface area (Å²) >= 11 is 0. The molecule has 1 aromatic carbocycles. The van der Waals surface area contributed by atoms with Crippen LogP contribution in [0, 0.1) is 11.7 Å². The lowest BCUT2D eigenvalue weighted by atomic mass is 10.0. The summed E-state index contributed by atoms with van der Waals surface area (Å²) in [7, 11) is 0. The number of carbonyl (C=O) groups excluding carboxylic acids is 1. The number of nitrogens with one attached hydrogen (secondary N) is 1. The molecule has 1 fully saturated rings. The summed E-state index contributed by atoms with van der Waals surface area (Å²) in [5.41, 5.74) is 5.65. The van der Waals surface area contributed by atoms with Crippen molar-refractivity contribution in [1.29, 1.82) is 0 Å². The van der Waals surface area contributed by atoms with Crippen LogP contribution in [0.25, 0.3) is 0 Å². The molecule has 0 heterocycles. The highest BCUT2D eigenvalue weighted by Gasteiger charge is 2.27. The zero-order valence-electron chi connectivity index (χ0n) is 11.2. The average Bonchev–Trinajstić information content (AvgIpc) is 2.85. The molecular weight excluding hydrogens is 283 g/mol. The van der Waals surface area contributed by atoms with Crippen molar-refractivity contribution in [3.63, 3.8) is 0 Å². The molecule has 1 saturated carbocycles. The summed E-state index contributed by atoms with van der Waals surface area (Å²) < 4.78 is 18.4. The minimum absolute atomic E-state index is 0. The van der Waals surface area contributed by atoms with E-state index in [-0.39, 0.29) is 36.7 Å². The van der Waals surface area contributed by atoms with E-state index in [4.69, 9.17) is 10.5 Å². The van der Waals surface area contributed by atoms with E-state index < -0.39 is 5.82 Å². The van der Waals surface area contributed by atoms with Crippen LogP contribution in [0.3, 0.4) is 0 Å². The van der Waals surface area contributed by atoms with Crippen LogP contribution in [0.2, 0.25) is 0 Å². The summed E-state index contributed by atoms with van der Waals surface area (Å²) in [5, 5.41) is 2.90. The van der Waals surface area contributed by atoms with E-state index in [9.17, 15) is 9.18 Å². The second kappa shape index (κ2) is 8.07. The summed E-state index contributed by atoms with van der Waals surface area (Å²) in [4.78, 5) is 11.7. The van der Waals surface area contributed by atoms with Crippen molar-refractivity contribution in [1.82, 2.24) is 5.32 Å². The quantitative estimate of drug-likeness (QED) is 0.873. The van der Waals surface area contributed by atoms with Crippen LogP contribution in [-0.4, -0.2) is 25.1 Å². The highest BCUT2D eigenvalue weighted by atomic mass is 35.5. The molecule has 2 rings (SSSR count). The number of nitrogens with two attached hydrogens (primary N) is 1. The Bertz CT molecular complexity index is 445. The Morgan fingerprint density at radius 1 is 1.40 bits per heavy atom. The van der Waals surface area contributed by atoms with Crippen LogP contribution in [0.15, 0.2) is 24.3 Å². The number of carbonyl (C=O) groups is 1. The monoisotopic (exact) mass is 302 g/mol. The number of hydrogen-bond donors (Lipinski definition) is 2. The number of amides is 1. The Labute approximate surface area is 124 Å². The molecule has 0 saturated heterocycles. The molecule has 20 heavy (non-hydrogen) atoms. The molecule has 0 aliphatic heterocycles. The number of para-hydroxylation sites is 1. The molecule has 2 unspecified atom stereocenters. The molecule has 1 aliphatic rings. The summed E-state index contributed by atoms with van der Waals surface area (Å²) in [5.74, 6) is -0.249.